The molecule has 20 heavy (non-hydrogen) atoms. The normalized spacial score (nSPS) is 11.3. The lowest BCUT2D eigenvalue weighted by Crippen LogP contribution is -2.16. The van der Waals surface area contributed by atoms with Gasteiger partial charge in [-0.15, -0.1) is 0 Å². The molecule has 0 bridgehead atoms. The van der Waals surface area contributed by atoms with Crippen molar-refractivity contribution in [2.45, 2.75) is 4.90 Å². The number of sulfonamides is 1. The highest BCUT2D eigenvalue weighted by atomic mass is 127. The lowest BCUT2D eigenvalue weighted by molar-refractivity contribution is 0.572. The van der Waals surface area contributed by atoms with Gasteiger partial charge in [-0.05, 0) is 52.9 Å². The van der Waals surface area contributed by atoms with Crippen molar-refractivity contribution >= 4 is 55.6 Å². The maximum absolute atomic E-state index is 13.7. The smallest absolute Gasteiger partial charge is 0.266 e. The van der Waals surface area contributed by atoms with E-state index in [0.29, 0.717) is 0 Å². The Bertz CT molecular complexity index is 748. The summed E-state index contributed by atoms with van der Waals surface area (Å²) in [6.07, 6.45) is 0. The van der Waals surface area contributed by atoms with Gasteiger partial charge in [0.25, 0.3) is 10.0 Å². The van der Waals surface area contributed by atoms with Gasteiger partial charge >= 0.3 is 0 Å². The Morgan fingerprint density at radius 2 is 1.95 bits per heavy atom. The van der Waals surface area contributed by atoms with Crippen LogP contribution in [0.2, 0.25) is 5.02 Å². The minimum Gasteiger partial charge on any atom is -0.398 e. The van der Waals surface area contributed by atoms with Crippen LogP contribution in [0, 0.1) is 9.39 Å². The van der Waals surface area contributed by atoms with E-state index in [4.69, 9.17) is 17.3 Å². The quantitative estimate of drug-likeness (QED) is 0.583. The number of nitrogens with one attached hydrogen (secondary N) is 1. The van der Waals surface area contributed by atoms with Crippen molar-refractivity contribution in [2.24, 2.45) is 0 Å². The van der Waals surface area contributed by atoms with Gasteiger partial charge in [0.2, 0.25) is 0 Å². The van der Waals surface area contributed by atoms with Gasteiger partial charge in [0.15, 0.2) is 0 Å². The Balaban J connectivity index is 2.46. The molecule has 0 aliphatic heterocycles. The van der Waals surface area contributed by atoms with Crippen molar-refractivity contribution in [1.82, 2.24) is 0 Å². The molecule has 8 heteroatoms. The van der Waals surface area contributed by atoms with Crippen LogP contribution in [0.4, 0.5) is 15.8 Å². The predicted molar refractivity (Wildman–Crippen MR) is 85.8 cm³/mol. The average Bonchev–Trinajstić information content (AvgIpc) is 2.32. The van der Waals surface area contributed by atoms with E-state index in [1.54, 1.807) is 12.1 Å². The number of rotatable bonds is 3. The summed E-state index contributed by atoms with van der Waals surface area (Å²) < 4.78 is 41.1. The first-order valence-corrected chi connectivity index (χ1v) is 8.27. The highest BCUT2D eigenvalue weighted by Gasteiger charge is 2.23. The van der Waals surface area contributed by atoms with Crippen LogP contribution in [0.5, 0.6) is 0 Å². The Kier molecular flexibility index (Phi) is 4.40. The van der Waals surface area contributed by atoms with Gasteiger partial charge in [0.1, 0.15) is 10.7 Å². The highest BCUT2D eigenvalue weighted by Crippen LogP contribution is 2.29. The van der Waals surface area contributed by atoms with E-state index >= 15 is 0 Å². The third-order valence-electron chi connectivity index (χ3n) is 2.44. The van der Waals surface area contributed by atoms with Crippen molar-refractivity contribution in [3.8, 4) is 0 Å². The number of hydrogen-bond acceptors (Lipinski definition) is 3. The highest BCUT2D eigenvalue weighted by molar-refractivity contribution is 14.1. The Morgan fingerprint density at radius 3 is 2.55 bits per heavy atom. The Labute approximate surface area is 134 Å². The number of benzene rings is 2. The van der Waals surface area contributed by atoms with Crippen molar-refractivity contribution in [2.75, 3.05) is 10.5 Å². The average molecular weight is 427 g/mol. The topological polar surface area (TPSA) is 72.2 Å². The first-order chi connectivity index (χ1) is 9.31. The van der Waals surface area contributed by atoms with Crippen molar-refractivity contribution in [3.05, 3.63) is 50.8 Å². The second-order valence-electron chi connectivity index (χ2n) is 3.89. The number of hydrogen-bond donors (Lipinski definition) is 2. The summed E-state index contributed by atoms with van der Waals surface area (Å²) in [6.45, 7) is 0. The molecule has 0 radical (unpaired) electrons. The second kappa shape index (κ2) is 5.74. The lowest BCUT2D eigenvalue weighted by Gasteiger charge is -2.12. The molecule has 0 saturated carbocycles. The Morgan fingerprint density at radius 1 is 1.25 bits per heavy atom. The molecule has 4 nitrogen and oxygen atoms in total. The number of anilines is 2. The summed E-state index contributed by atoms with van der Waals surface area (Å²) in [7, 11) is -4.15. The van der Waals surface area contributed by atoms with Crippen LogP contribution >= 0.6 is 34.2 Å². The van der Waals surface area contributed by atoms with Gasteiger partial charge < -0.3 is 5.73 Å². The molecule has 0 saturated heterocycles. The van der Waals surface area contributed by atoms with Crippen LogP contribution in [0.15, 0.2) is 41.3 Å². The zero-order valence-electron chi connectivity index (χ0n) is 9.90. The van der Waals surface area contributed by atoms with E-state index in [-0.39, 0.29) is 16.4 Å². The molecule has 106 valence electrons. The molecule has 0 spiro atoms. The molecule has 2 aromatic carbocycles. The van der Waals surface area contributed by atoms with Crippen LogP contribution in [-0.2, 0) is 10.0 Å². The van der Waals surface area contributed by atoms with Gasteiger partial charge in [0.05, 0.1) is 16.4 Å². The van der Waals surface area contributed by atoms with E-state index in [2.05, 4.69) is 4.72 Å². The molecule has 0 fully saturated rings. The van der Waals surface area contributed by atoms with Gasteiger partial charge in [-0.25, -0.2) is 12.8 Å². The number of nitrogen functional groups attached to an aromatic ring is 1. The number of nitrogens with two attached hydrogens (primary N) is 1. The van der Waals surface area contributed by atoms with Gasteiger partial charge in [-0.2, -0.15) is 0 Å². The summed E-state index contributed by atoms with van der Waals surface area (Å²) in [5.74, 6) is -0.917. The summed E-state index contributed by atoms with van der Waals surface area (Å²) in [5, 5.41) is 0.218. The summed E-state index contributed by atoms with van der Waals surface area (Å²) in [5.41, 5.74) is 5.52. The molecule has 0 atom stereocenters. The summed E-state index contributed by atoms with van der Waals surface area (Å²) in [6, 6.07) is 8.44. The van der Waals surface area contributed by atoms with Crippen LogP contribution in [0.3, 0.4) is 0 Å². The molecule has 2 aromatic rings. The Hall–Kier alpha value is -1.06. The predicted octanol–water partition coefficient (Wildman–Crippen LogP) is 3.47. The minimum absolute atomic E-state index is 0.162. The molecule has 0 aromatic heterocycles. The second-order valence-corrected chi connectivity index (χ2v) is 7.16. The first kappa shape index (κ1) is 15.3. The van der Waals surface area contributed by atoms with Crippen LogP contribution < -0.4 is 10.5 Å². The van der Waals surface area contributed by atoms with Crippen LogP contribution in [-0.4, -0.2) is 8.42 Å². The maximum Gasteiger partial charge on any atom is 0.266 e. The first-order valence-electron chi connectivity index (χ1n) is 5.33. The van der Waals surface area contributed by atoms with Crippen molar-refractivity contribution in [3.63, 3.8) is 0 Å². The molecule has 0 aliphatic carbocycles. The molecule has 0 amide bonds. The summed E-state index contributed by atoms with van der Waals surface area (Å²) >= 11 is 7.99. The maximum atomic E-state index is 13.7. The lowest BCUT2D eigenvalue weighted by atomic mass is 10.3. The largest absolute Gasteiger partial charge is 0.398 e. The van der Waals surface area contributed by atoms with Crippen molar-refractivity contribution in [1.29, 1.82) is 0 Å². The monoisotopic (exact) mass is 426 g/mol. The zero-order valence-corrected chi connectivity index (χ0v) is 13.6. The third-order valence-corrected chi connectivity index (χ3v) is 4.88. The molecule has 0 unspecified atom stereocenters. The van der Waals surface area contributed by atoms with Crippen LogP contribution in [0.1, 0.15) is 0 Å². The SMILES string of the molecule is Nc1cccc(F)c1S(=O)(=O)Nc1ccc(I)cc1Cl. The molecule has 0 heterocycles. The molecule has 3 N–H and O–H groups in total. The standard InChI is InChI=1S/C12H9ClFIN2O2S/c13-8-6-7(15)4-5-11(8)17-20(18,19)12-9(14)2-1-3-10(12)16/h1-6,17H,16H2. The van der Waals surface area contributed by atoms with E-state index in [1.165, 1.54) is 18.2 Å². The fourth-order valence-electron chi connectivity index (χ4n) is 1.58. The van der Waals surface area contributed by atoms with E-state index < -0.39 is 20.7 Å². The van der Waals surface area contributed by atoms with E-state index in [0.717, 1.165) is 9.64 Å². The fraction of sp³-hybridized carbons (Fsp3) is 0. The molecular weight excluding hydrogens is 418 g/mol. The molecule has 0 aliphatic rings. The van der Waals surface area contributed by atoms with Gasteiger partial charge in [-0.1, -0.05) is 17.7 Å². The van der Waals surface area contributed by atoms with Crippen LogP contribution in [0.25, 0.3) is 0 Å². The van der Waals surface area contributed by atoms with Gasteiger partial charge in [0, 0.05) is 3.57 Å². The fourth-order valence-corrected chi connectivity index (χ4v) is 3.81. The van der Waals surface area contributed by atoms with E-state index in [9.17, 15) is 12.8 Å². The molecule has 2 rings (SSSR count). The minimum atomic E-state index is -4.15. The number of halogens is 3. The van der Waals surface area contributed by atoms with Gasteiger partial charge in [-0.3, -0.25) is 4.72 Å². The van der Waals surface area contributed by atoms with E-state index in [1.807, 2.05) is 22.6 Å². The van der Waals surface area contributed by atoms with Crippen molar-refractivity contribution < 1.29 is 12.8 Å². The third kappa shape index (κ3) is 3.15. The summed E-state index contributed by atoms with van der Waals surface area (Å²) in [4.78, 5) is -0.588. The molecular formula is C12H9ClFIN2O2S. The zero-order chi connectivity index (χ0) is 14.9.